The monoisotopic (exact) mass is 444 g/mol. The number of unbranched alkanes of at least 4 members (excludes halogenated alkanes) is 2. The van der Waals surface area contributed by atoms with E-state index in [-0.39, 0.29) is 24.0 Å². The zero-order chi connectivity index (χ0) is 15.2. The van der Waals surface area contributed by atoms with Crippen LogP contribution in [0.3, 0.4) is 0 Å². The third-order valence-corrected chi connectivity index (χ3v) is 4.29. The van der Waals surface area contributed by atoms with Gasteiger partial charge in [-0.25, -0.2) is 0 Å². The van der Waals surface area contributed by atoms with E-state index in [0.29, 0.717) is 0 Å². The molecule has 1 aliphatic heterocycles. The van der Waals surface area contributed by atoms with Gasteiger partial charge in [0.25, 0.3) is 0 Å². The molecular formula is C15H33IN4OS. The van der Waals surface area contributed by atoms with Gasteiger partial charge in [-0.15, -0.1) is 24.0 Å². The Bertz CT molecular complexity index is 276. The zero-order valence-corrected chi connectivity index (χ0v) is 17.3. The van der Waals surface area contributed by atoms with Crippen LogP contribution in [0, 0.1) is 0 Å². The number of halogens is 1. The van der Waals surface area contributed by atoms with Crippen molar-refractivity contribution in [3.05, 3.63) is 0 Å². The van der Waals surface area contributed by atoms with Crippen LogP contribution >= 0.6 is 35.7 Å². The average molecular weight is 444 g/mol. The summed E-state index contributed by atoms with van der Waals surface area (Å²) >= 11 is 1.91. The summed E-state index contributed by atoms with van der Waals surface area (Å²) < 4.78 is 5.36. The smallest absolute Gasteiger partial charge is 0.190 e. The van der Waals surface area contributed by atoms with Gasteiger partial charge in [0.05, 0.1) is 13.2 Å². The second kappa shape index (κ2) is 16.1. The lowest BCUT2D eigenvalue weighted by Gasteiger charge is -2.26. The number of rotatable bonds is 10. The maximum absolute atomic E-state index is 5.36. The topological polar surface area (TPSA) is 48.9 Å². The van der Waals surface area contributed by atoms with E-state index in [1.807, 2.05) is 18.8 Å². The van der Waals surface area contributed by atoms with Crippen LogP contribution in [-0.4, -0.2) is 75.9 Å². The molecule has 22 heavy (non-hydrogen) atoms. The van der Waals surface area contributed by atoms with Crippen LogP contribution in [0.15, 0.2) is 4.99 Å². The van der Waals surface area contributed by atoms with Crippen LogP contribution < -0.4 is 10.6 Å². The summed E-state index contributed by atoms with van der Waals surface area (Å²) in [5.41, 5.74) is 0. The number of morpholine rings is 1. The SMILES string of the molecule is CN=C(NCCCCSC)NCCCCN1CCOCC1.I. The molecule has 1 aliphatic rings. The Morgan fingerprint density at radius 2 is 1.73 bits per heavy atom. The van der Waals surface area contributed by atoms with Crippen LogP contribution in [0.5, 0.6) is 0 Å². The van der Waals surface area contributed by atoms with Gasteiger partial charge in [0.1, 0.15) is 0 Å². The van der Waals surface area contributed by atoms with Gasteiger partial charge in [0, 0.05) is 33.2 Å². The zero-order valence-electron chi connectivity index (χ0n) is 14.1. The molecule has 132 valence electrons. The van der Waals surface area contributed by atoms with Crippen LogP contribution in [0.4, 0.5) is 0 Å². The van der Waals surface area contributed by atoms with Crippen molar-refractivity contribution < 1.29 is 4.74 Å². The van der Waals surface area contributed by atoms with E-state index in [0.717, 1.165) is 45.4 Å². The largest absolute Gasteiger partial charge is 0.379 e. The van der Waals surface area contributed by atoms with Gasteiger partial charge in [-0.1, -0.05) is 0 Å². The van der Waals surface area contributed by atoms with Crippen molar-refractivity contribution in [1.29, 1.82) is 0 Å². The first-order valence-corrected chi connectivity index (χ1v) is 9.49. The predicted molar refractivity (Wildman–Crippen MR) is 109 cm³/mol. The Morgan fingerprint density at radius 1 is 1.09 bits per heavy atom. The summed E-state index contributed by atoms with van der Waals surface area (Å²) in [4.78, 5) is 6.74. The molecule has 1 heterocycles. The molecule has 5 nitrogen and oxygen atoms in total. The molecule has 0 bridgehead atoms. The molecule has 0 spiro atoms. The highest BCUT2D eigenvalue weighted by Crippen LogP contribution is 1.99. The van der Waals surface area contributed by atoms with Gasteiger partial charge < -0.3 is 15.4 Å². The molecular weight excluding hydrogens is 411 g/mol. The lowest BCUT2D eigenvalue weighted by Crippen LogP contribution is -2.39. The molecule has 0 aromatic rings. The fraction of sp³-hybridized carbons (Fsp3) is 0.933. The maximum Gasteiger partial charge on any atom is 0.190 e. The van der Waals surface area contributed by atoms with Crippen molar-refractivity contribution in [2.45, 2.75) is 25.7 Å². The van der Waals surface area contributed by atoms with Crippen molar-refractivity contribution in [3.8, 4) is 0 Å². The highest BCUT2D eigenvalue weighted by molar-refractivity contribution is 14.0. The van der Waals surface area contributed by atoms with Gasteiger partial charge in [0.15, 0.2) is 5.96 Å². The normalized spacial score (nSPS) is 16.2. The molecule has 0 aromatic heterocycles. The Kier molecular flexibility index (Phi) is 16.3. The van der Waals surface area contributed by atoms with Gasteiger partial charge >= 0.3 is 0 Å². The summed E-state index contributed by atoms with van der Waals surface area (Å²) in [6, 6.07) is 0. The molecule has 0 unspecified atom stereocenters. The first-order valence-electron chi connectivity index (χ1n) is 8.10. The molecule has 0 aromatic carbocycles. The highest BCUT2D eigenvalue weighted by atomic mass is 127. The van der Waals surface area contributed by atoms with Crippen molar-refractivity contribution in [3.63, 3.8) is 0 Å². The lowest BCUT2D eigenvalue weighted by atomic mass is 10.2. The van der Waals surface area contributed by atoms with Crippen molar-refractivity contribution >= 4 is 41.7 Å². The summed E-state index contributed by atoms with van der Waals surface area (Å²) in [6.45, 7) is 7.16. The number of nitrogens with one attached hydrogen (secondary N) is 2. The van der Waals surface area contributed by atoms with Crippen molar-refractivity contribution in [2.24, 2.45) is 4.99 Å². The molecule has 1 saturated heterocycles. The molecule has 0 atom stereocenters. The molecule has 2 N–H and O–H groups in total. The van der Waals surface area contributed by atoms with E-state index in [4.69, 9.17) is 4.74 Å². The Hall–Kier alpha value is 0.270. The number of ether oxygens (including phenoxy) is 1. The fourth-order valence-electron chi connectivity index (χ4n) is 2.29. The van der Waals surface area contributed by atoms with E-state index in [1.165, 1.54) is 38.0 Å². The highest BCUT2D eigenvalue weighted by Gasteiger charge is 2.08. The summed E-state index contributed by atoms with van der Waals surface area (Å²) in [7, 11) is 1.84. The van der Waals surface area contributed by atoms with E-state index in [9.17, 15) is 0 Å². The number of thioether (sulfide) groups is 1. The standard InChI is InChI=1S/C15H32N4OS.HI/c1-16-15(18-8-4-6-14-21-2)17-7-3-5-9-19-10-12-20-13-11-19;/h3-14H2,1-2H3,(H2,16,17,18);1H. The quantitative estimate of drug-likeness (QED) is 0.234. The summed E-state index contributed by atoms with van der Waals surface area (Å²) in [6.07, 6.45) is 7.05. The second-order valence-electron chi connectivity index (χ2n) is 5.29. The predicted octanol–water partition coefficient (Wildman–Crippen LogP) is 2.02. The van der Waals surface area contributed by atoms with E-state index < -0.39 is 0 Å². The van der Waals surface area contributed by atoms with Crippen LogP contribution in [-0.2, 0) is 4.74 Å². The first kappa shape index (κ1) is 22.3. The molecule has 0 saturated carbocycles. The number of nitrogens with zero attached hydrogens (tertiary/aromatic N) is 2. The molecule has 1 rings (SSSR count). The van der Waals surface area contributed by atoms with Gasteiger partial charge in [-0.05, 0) is 44.2 Å². The van der Waals surface area contributed by atoms with Crippen LogP contribution in [0.2, 0.25) is 0 Å². The fourth-order valence-corrected chi connectivity index (χ4v) is 2.78. The lowest BCUT2D eigenvalue weighted by molar-refractivity contribution is 0.0372. The van der Waals surface area contributed by atoms with E-state index >= 15 is 0 Å². The maximum atomic E-state index is 5.36. The van der Waals surface area contributed by atoms with E-state index in [2.05, 4.69) is 26.8 Å². The average Bonchev–Trinajstić information content (AvgIpc) is 2.53. The first-order chi connectivity index (χ1) is 10.4. The number of hydrogen-bond donors (Lipinski definition) is 2. The summed E-state index contributed by atoms with van der Waals surface area (Å²) in [5, 5.41) is 6.76. The second-order valence-corrected chi connectivity index (χ2v) is 6.27. The third-order valence-electron chi connectivity index (χ3n) is 3.59. The van der Waals surface area contributed by atoms with Crippen LogP contribution in [0.25, 0.3) is 0 Å². The van der Waals surface area contributed by atoms with E-state index in [1.54, 1.807) is 0 Å². The third kappa shape index (κ3) is 11.8. The number of aliphatic imine (C=N–C) groups is 1. The van der Waals surface area contributed by atoms with Crippen LogP contribution in [0.1, 0.15) is 25.7 Å². The molecule has 1 fully saturated rings. The summed E-state index contributed by atoms with van der Waals surface area (Å²) in [5.74, 6) is 2.18. The minimum absolute atomic E-state index is 0. The Labute approximate surface area is 157 Å². The van der Waals surface area contributed by atoms with Crippen molar-refractivity contribution in [1.82, 2.24) is 15.5 Å². The van der Waals surface area contributed by atoms with Gasteiger partial charge in [-0.2, -0.15) is 11.8 Å². The minimum atomic E-state index is 0. The van der Waals surface area contributed by atoms with Gasteiger partial charge in [0.2, 0.25) is 0 Å². The number of guanidine groups is 1. The minimum Gasteiger partial charge on any atom is -0.379 e. The Morgan fingerprint density at radius 3 is 2.32 bits per heavy atom. The van der Waals surface area contributed by atoms with Crippen molar-refractivity contribution in [2.75, 3.05) is 65.0 Å². The molecule has 0 radical (unpaired) electrons. The number of hydrogen-bond acceptors (Lipinski definition) is 4. The molecule has 7 heteroatoms. The molecule has 0 amide bonds. The molecule has 0 aliphatic carbocycles. The van der Waals surface area contributed by atoms with Gasteiger partial charge in [-0.3, -0.25) is 9.89 Å². The Balaban J connectivity index is 0.00000441.